The summed E-state index contributed by atoms with van der Waals surface area (Å²) in [6.07, 6.45) is 0.372. The van der Waals surface area contributed by atoms with Crippen LogP contribution in [0.15, 0.2) is 77.9 Å². The Kier molecular flexibility index (Phi) is 9.48. The first-order chi connectivity index (χ1) is 19.8. The fourth-order valence-electron chi connectivity index (χ4n) is 4.78. The molecule has 0 aliphatic carbocycles. The van der Waals surface area contributed by atoms with Crippen molar-refractivity contribution in [2.24, 2.45) is 11.0 Å². The maximum Gasteiger partial charge on any atom is 0.303 e. The molecule has 3 aromatic carbocycles. The van der Waals surface area contributed by atoms with Gasteiger partial charge < -0.3 is 20.0 Å². The number of nitrogens with zero attached hydrogens (tertiary/aromatic N) is 3. The van der Waals surface area contributed by atoms with Crippen molar-refractivity contribution < 1.29 is 24.2 Å². The van der Waals surface area contributed by atoms with Crippen LogP contribution in [0.2, 0.25) is 0 Å². The summed E-state index contributed by atoms with van der Waals surface area (Å²) in [5.41, 5.74) is 4.66. The Balaban J connectivity index is 1.52. The smallest absolute Gasteiger partial charge is 0.303 e. The van der Waals surface area contributed by atoms with Crippen molar-refractivity contribution in [3.8, 4) is 0 Å². The number of rotatable bonds is 11. The van der Waals surface area contributed by atoms with E-state index in [4.69, 9.17) is 16.4 Å². The molecular formula is C32H32N4O5. The molecular weight excluding hydrogens is 520 g/mol. The predicted octanol–water partition coefficient (Wildman–Crippen LogP) is 5.01. The normalized spacial score (nSPS) is 14.3. The third kappa shape index (κ3) is 7.37. The summed E-state index contributed by atoms with van der Waals surface area (Å²) in [5, 5.41) is 17.8. The molecule has 41 heavy (non-hydrogen) atoms. The second-order valence-electron chi connectivity index (χ2n) is 10.0. The average molecular weight is 553 g/mol. The van der Waals surface area contributed by atoms with Gasteiger partial charge in [-0.2, -0.15) is 0 Å². The summed E-state index contributed by atoms with van der Waals surface area (Å²) in [5.74, 6) is -1.84. The summed E-state index contributed by atoms with van der Waals surface area (Å²) in [6, 6.07) is 22.2. The minimum Gasteiger partial charge on any atom is -0.481 e. The molecule has 3 aromatic rings. The quantitative estimate of drug-likeness (QED) is 0.325. The summed E-state index contributed by atoms with van der Waals surface area (Å²) in [4.78, 5) is 40.6. The van der Waals surface area contributed by atoms with E-state index in [2.05, 4.69) is 15.3 Å². The van der Waals surface area contributed by atoms with E-state index in [-0.39, 0.29) is 43.8 Å². The number of carboxylic acid groups (broad SMARTS) is 1. The molecule has 2 unspecified atom stereocenters. The van der Waals surface area contributed by atoms with E-state index in [9.17, 15) is 14.4 Å². The summed E-state index contributed by atoms with van der Waals surface area (Å²) in [7, 11) is 0. The number of carbonyl (C=O) groups is 3. The Morgan fingerprint density at radius 1 is 1.10 bits per heavy atom. The summed E-state index contributed by atoms with van der Waals surface area (Å²) >= 11 is 0. The Labute approximate surface area is 239 Å². The van der Waals surface area contributed by atoms with Crippen LogP contribution in [0.3, 0.4) is 0 Å². The molecule has 1 aliphatic heterocycles. The van der Waals surface area contributed by atoms with Crippen molar-refractivity contribution in [3.63, 3.8) is 0 Å². The van der Waals surface area contributed by atoms with E-state index in [0.717, 1.165) is 27.8 Å². The first kappa shape index (κ1) is 29.0. The van der Waals surface area contributed by atoms with E-state index in [1.54, 1.807) is 12.1 Å². The number of hydrogen-bond acceptors (Lipinski definition) is 5. The highest BCUT2D eigenvalue weighted by molar-refractivity contribution is 5.98. The molecule has 4 rings (SSSR count). The van der Waals surface area contributed by atoms with Crippen molar-refractivity contribution in [1.82, 2.24) is 5.01 Å². The second kappa shape index (κ2) is 13.4. The van der Waals surface area contributed by atoms with Gasteiger partial charge in [0.05, 0.1) is 12.5 Å². The van der Waals surface area contributed by atoms with E-state index < -0.39 is 11.9 Å². The van der Waals surface area contributed by atoms with Crippen molar-refractivity contribution in [2.45, 2.75) is 39.2 Å². The number of nitrogens with one attached hydrogen (secondary N) is 1. The van der Waals surface area contributed by atoms with Crippen LogP contribution in [-0.2, 0) is 32.1 Å². The summed E-state index contributed by atoms with van der Waals surface area (Å²) in [6.45, 7) is 11.4. The number of hydrogen-bond donors (Lipinski definition) is 2. The van der Waals surface area contributed by atoms with Gasteiger partial charge in [0.15, 0.2) is 6.61 Å². The molecule has 0 bridgehead atoms. The van der Waals surface area contributed by atoms with Crippen LogP contribution in [-0.4, -0.2) is 46.9 Å². The molecule has 1 aliphatic rings. The van der Waals surface area contributed by atoms with Crippen LogP contribution in [0, 0.1) is 19.4 Å². The highest BCUT2D eigenvalue weighted by Gasteiger charge is 2.30. The highest BCUT2D eigenvalue weighted by Crippen LogP contribution is 2.29. The Morgan fingerprint density at radius 3 is 2.51 bits per heavy atom. The van der Waals surface area contributed by atoms with Gasteiger partial charge in [0.25, 0.3) is 5.91 Å². The molecule has 0 fully saturated rings. The molecule has 2 atom stereocenters. The fraction of sp³-hybridized carbons (Fsp3) is 0.281. The number of hydrazone groups is 1. The highest BCUT2D eigenvalue weighted by atomic mass is 16.5. The van der Waals surface area contributed by atoms with Crippen molar-refractivity contribution in [3.05, 3.63) is 112 Å². The standard InChI is InChI=1S/C32H32N4O5/c1-21(18-33-3)30(31(40)34-27-11-7-10-24(22(27)2)16-17-29(38)39)25-14-12-23(13-15-25)19-36-28(37)20-41-32(35-36)26-8-5-4-6-9-26/h4-15,21,30H,16-20H2,1-2H3,(H,34,40)(H,38,39). The van der Waals surface area contributed by atoms with Gasteiger partial charge in [-0.3, -0.25) is 14.4 Å². The Bertz CT molecular complexity index is 1480. The number of carboxylic acids is 1. The molecule has 1 heterocycles. The zero-order chi connectivity index (χ0) is 29.4. The van der Waals surface area contributed by atoms with Crippen molar-refractivity contribution in [1.29, 1.82) is 0 Å². The van der Waals surface area contributed by atoms with Crippen molar-refractivity contribution in [2.75, 3.05) is 18.5 Å². The van der Waals surface area contributed by atoms with Crippen LogP contribution in [0.4, 0.5) is 5.69 Å². The predicted molar refractivity (Wildman–Crippen MR) is 155 cm³/mol. The van der Waals surface area contributed by atoms with Gasteiger partial charge in [-0.05, 0) is 53.8 Å². The number of aliphatic carboxylic acids is 1. The number of benzene rings is 3. The zero-order valence-electron chi connectivity index (χ0n) is 23.0. The van der Waals surface area contributed by atoms with E-state index in [1.807, 2.05) is 74.5 Å². The number of anilines is 1. The van der Waals surface area contributed by atoms with Crippen LogP contribution in [0.25, 0.3) is 4.85 Å². The van der Waals surface area contributed by atoms with Gasteiger partial charge in [-0.15, -0.1) is 5.10 Å². The van der Waals surface area contributed by atoms with Crippen LogP contribution >= 0.6 is 0 Å². The topological polar surface area (TPSA) is 113 Å². The minimum absolute atomic E-state index is 0.00415. The lowest BCUT2D eigenvalue weighted by molar-refractivity contribution is -0.137. The van der Waals surface area contributed by atoms with Crippen molar-refractivity contribution >= 4 is 29.4 Å². The number of carbonyl (C=O) groups excluding carboxylic acids is 2. The lowest BCUT2D eigenvalue weighted by Crippen LogP contribution is -2.36. The lowest BCUT2D eigenvalue weighted by atomic mass is 9.85. The molecule has 0 spiro atoms. The molecule has 210 valence electrons. The second-order valence-corrected chi connectivity index (χ2v) is 10.0. The minimum atomic E-state index is -0.878. The SMILES string of the molecule is [C-]#[N+]CC(C)C(C(=O)Nc1cccc(CCC(=O)O)c1C)c1ccc(CN2N=C(c3ccccc3)OCC2=O)cc1. The molecule has 0 saturated heterocycles. The third-order valence-corrected chi connectivity index (χ3v) is 7.07. The zero-order valence-corrected chi connectivity index (χ0v) is 23.0. The van der Waals surface area contributed by atoms with E-state index >= 15 is 0 Å². The van der Waals surface area contributed by atoms with Gasteiger partial charge in [-0.1, -0.05) is 61.5 Å². The summed E-state index contributed by atoms with van der Waals surface area (Å²) < 4.78 is 5.52. The monoisotopic (exact) mass is 552 g/mol. The Morgan fingerprint density at radius 2 is 1.83 bits per heavy atom. The maximum atomic E-state index is 13.6. The molecule has 0 aromatic heterocycles. The van der Waals surface area contributed by atoms with Gasteiger partial charge in [0, 0.05) is 23.6 Å². The Hall–Kier alpha value is -4.97. The molecule has 2 amide bonds. The van der Waals surface area contributed by atoms with Crippen LogP contribution < -0.4 is 5.32 Å². The first-order valence-corrected chi connectivity index (χ1v) is 13.4. The molecule has 9 nitrogen and oxygen atoms in total. The molecule has 9 heteroatoms. The molecule has 0 radical (unpaired) electrons. The number of aryl methyl sites for hydroxylation is 1. The van der Waals surface area contributed by atoms with E-state index in [1.165, 1.54) is 5.01 Å². The van der Waals surface area contributed by atoms with E-state index in [0.29, 0.717) is 18.0 Å². The van der Waals surface area contributed by atoms with Crippen LogP contribution in [0.5, 0.6) is 0 Å². The molecule has 0 saturated carbocycles. The maximum absolute atomic E-state index is 13.6. The van der Waals surface area contributed by atoms with Gasteiger partial charge in [-0.25, -0.2) is 11.6 Å². The van der Waals surface area contributed by atoms with Gasteiger partial charge >= 0.3 is 5.97 Å². The average Bonchev–Trinajstić information content (AvgIpc) is 2.96. The first-order valence-electron chi connectivity index (χ1n) is 13.4. The third-order valence-electron chi connectivity index (χ3n) is 7.07. The van der Waals surface area contributed by atoms with Crippen LogP contribution in [0.1, 0.15) is 47.1 Å². The molecule has 2 N–H and O–H groups in total. The fourth-order valence-corrected chi connectivity index (χ4v) is 4.78. The van der Waals surface area contributed by atoms with Gasteiger partial charge in [0.1, 0.15) is 0 Å². The number of ether oxygens (including phenoxy) is 1. The largest absolute Gasteiger partial charge is 0.481 e. The lowest BCUT2D eigenvalue weighted by Gasteiger charge is -2.24. The number of amides is 2. The van der Waals surface area contributed by atoms with Gasteiger partial charge in [0.2, 0.25) is 18.3 Å².